The van der Waals surface area contributed by atoms with Gasteiger partial charge in [-0.3, -0.25) is 20.4 Å². The molecule has 0 bridgehead atoms. The van der Waals surface area contributed by atoms with Gasteiger partial charge in [0, 0.05) is 16.3 Å². The highest BCUT2D eigenvalue weighted by molar-refractivity contribution is 7.09. The van der Waals surface area contributed by atoms with E-state index in [0.29, 0.717) is 21.9 Å². The molecule has 2 amide bonds. The minimum absolute atomic E-state index is 0.128. The van der Waals surface area contributed by atoms with Crippen molar-refractivity contribution in [2.45, 2.75) is 13.5 Å². The number of aryl methyl sites for hydroxylation is 1. The molecule has 30 heavy (non-hydrogen) atoms. The summed E-state index contributed by atoms with van der Waals surface area (Å²) in [6.07, 6.45) is 0. The minimum Gasteiger partial charge on any atom is -0.486 e. The van der Waals surface area contributed by atoms with Crippen molar-refractivity contribution in [3.05, 3.63) is 81.8 Å². The van der Waals surface area contributed by atoms with Gasteiger partial charge >= 0.3 is 5.91 Å². The normalized spacial score (nSPS) is 10.7. The molecular formula is C21H16FN3O4S. The number of benzene rings is 2. The molecule has 7 nitrogen and oxygen atoms in total. The fourth-order valence-electron chi connectivity index (χ4n) is 2.78. The SMILES string of the molecule is Cc1c(C(=O)NNC(=O)c2csc(COc3ccc(F)cc3)n2)oc2ccccc12. The van der Waals surface area contributed by atoms with Crippen molar-refractivity contribution in [1.82, 2.24) is 15.8 Å². The van der Waals surface area contributed by atoms with Crippen LogP contribution in [-0.2, 0) is 6.61 Å². The van der Waals surface area contributed by atoms with E-state index in [2.05, 4.69) is 15.8 Å². The fraction of sp³-hybridized carbons (Fsp3) is 0.0952. The number of aromatic nitrogens is 1. The minimum atomic E-state index is -0.568. The Kier molecular flexibility index (Phi) is 5.44. The summed E-state index contributed by atoms with van der Waals surface area (Å²) in [5.74, 6) is -0.863. The summed E-state index contributed by atoms with van der Waals surface area (Å²) in [6.45, 7) is 1.91. The molecule has 152 valence electrons. The third kappa shape index (κ3) is 4.15. The van der Waals surface area contributed by atoms with Crippen molar-refractivity contribution in [2.75, 3.05) is 0 Å². The Morgan fingerprint density at radius 2 is 1.83 bits per heavy atom. The molecule has 0 saturated carbocycles. The number of hydrogen-bond acceptors (Lipinski definition) is 6. The van der Waals surface area contributed by atoms with E-state index in [1.165, 1.54) is 35.6 Å². The van der Waals surface area contributed by atoms with Crippen molar-refractivity contribution >= 4 is 34.1 Å². The van der Waals surface area contributed by atoms with Crippen LogP contribution in [0, 0.1) is 12.7 Å². The third-order valence-corrected chi connectivity index (χ3v) is 5.12. The first-order chi connectivity index (χ1) is 14.5. The van der Waals surface area contributed by atoms with Gasteiger partial charge in [-0.05, 0) is 37.3 Å². The molecule has 0 radical (unpaired) electrons. The van der Waals surface area contributed by atoms with Gasteiger partial charge in [-0.25, -0.2) is 9.37 Å². The number of hydrogen-bond donors (Lipinski definition) is 2. The predicted molar refractivity (Wildman–Crippen MR) is 109 cm³/mol. The standard InChI is InChI=1S/C21H16FN3O4S/c1-12-15-4-2-3-5-17(15)29-19(12)21(27)25-24-20(26)16-11-30-18(23-16)10-28-14-8-6-13(22)7-9-14/h2-9,11H,10H2,1H3,(H,24,26)(H,25,27). The molecular weight excluding hydrogens is 409 g/mol. The second kappa shape index (κ2) is 8.34. The summed E-state index contributed by atoms with van der Waals surface area (Å²) in [7, 11) is 0. The smallest absolute Gasteiger partial charge is 0.305 e. The average molecular weight is 425 g/mol. The number of halogens is 1. The van der Waals surface area contributed by atoms with Gasteiger partial charge in [0.15, 0.2) is 5.76 Å². The Bertz CT molecular complexity index is 1220. The summed E-state index contributed by atoms with van der Waals surface area (Å²) in [5, 5.41) is 2.94. The number of hydrazine groups is 1. The zero-order chi connectivity index (χ0) is 21.1. The first kappa shape index (κ1) is 19.6. The second-order valence-electron chi connectivity index (χ2n) is 6.33. The lowest BCUT2D eigenvalue weighted by molar-refractivity contribution is 0.0829. The highest BCUT2D eigenvalue weighted by atomic mass is 32.1. The molecule has 4 rings (SSSR count). The predicted octanol–water partition coefficient (Wildman–Crippen LogP) is 3.99. The average Bonchev–Trinajstić information content (AvgIpc) is 3.37. The van der Waals surface area contributed by atoms with Gasteiger partial charge in [0.2, 0.25) is 0 Å². The van der Waals surface area contributed by atoms with Crippen molar-refractivity contribution in [1.29, 1.82) is 0 Å². The first-order valence-corrected chi connectivity index (χ1v) is 9.81. The number of carbonyl (C=O) groups is 2. The van der Waals surface area contributed by atoms with Gasteiger partial charge in [-0.15, -0.1) is 11.3 Å². The van der Waals surface area contributed by atoms with Crippen LogP contribution >= 0.6 is 11.3 Å². The summed E-state index contributed by atoms with van der Waals surface area (Å²) < 4.78 is 24.0. The molecule has 0 spiro atoms. The first-order valence-electron chi connectivity index (χ1n) is 8.93. The van der Waals surface area contributed by atoms with Crippen LogP contribution in [0.15, 0.2) is 58.3 Å². The maximum atomic E-state index is 12.9. The molecule has 0 unspecified atom stereocenters. The number of amides is 2. The van der Waals surface area contributed by atoms with Gasteiger partial charge in [-0.1, -0.05) is 18.2 Å². The zero-order valence-corrected chi connectivity index (χ0v) is 16.6. The van der Waals surface area contributed by atoms with E-state index in [-0.39, 0.29) is 23.9 Å². The largest absolute Gasteiger partial charge is 0.486 e. The molecule has 2 N–H and O–H groups in total. The van der Waals surface area contributed by atoms with E-state index in [9.17, 15) is 14.0 Å². The molecule has 0 saturated heterocycles. The topological polar surface area (TPSA) is 93.5 Å². The number of carbonyl (C=O) groups excluding carboxylic acids is 2. The van der Waals surface area contributed by atoms with Crippen LogP contribution in [0.2, 0.25) is 0 Å². The van der Waals surface area contributed by atoms with Gasteiger partial charge in [0.25, 0.3) is 5.91 Å². The number of nitrogens with zero attached hydrogens (tertiary/aromatic N) is 1. The number of thiazole rings is 1. The number of fused-ring (bicyclic) bond motifs is 1. The van der Waals surface area contributed by atoms with Crippen LogP contribution in [0.5, 0.6) is 5.75 Å². The van der Waals surface area contributed by atoms with Crippen LogP contribution in [-0.4, -0.2) is 16.8 Å². The maximum absolute atomic E-state index is 12.9. The highest BCUT2D eigenvalue weighted by Crippen LogP contribution is 2.24. The molecule has 2 heterocycles. The monoisotopic (exact) mass is 425 g/mol. The second-order valence-corrected chi connectivity index (χ2v) is 7.27. The van der Waals surface area contributed by atoms with E-state index in [1.807, 2.05) is 18.2 Å². The Balaban J connectivity index is 1.34. The highest BCUT2D eigenvalue weighted by Gasteiger charge is 2.19. The number of para-hydroxylation sites is 1. The maximum Gasteiger partial charge on any atom is 0.305 e. The van der Waals surface area contributed by atoms with E-state index in [0.717, 1.165) is 5.39 Å². The van der Waals surface area contributed by atoms with Crippen LogP contribution < -0.4 is 15.6 Å². The van der Waals surface area contributed by atoms with Crippen LogP contribution in [0.4, 0.5) is 4.39 Å². The van der Waals surface area contributed by atoms with E-state index < -0.39 is 11.8 Å². The van der Waals surface area contributed by atoms with Gasteiger partial charge in [-0.2, -0.15) is 0 Å². The van der Waals surface area contributed by atoms with E-state index in [4.69, 9.17) is 9.15 Å². The lowest BCUT2D eigenvalue weighted by atomic mass is 10.1. The lowest BCUT2D eigenvalue weighted by Gasteiger charge is -2.05. The van der Waals surface area contributed by atoms with Crippen molar-refractivity contribution in [2.24, 2.45) is 0 Å². The van der Waals surface area contributed by atoms with Crippen LogP contribution in [0.25, 0.3) is 11.0 Å². The molecule has 0 aliphatic carbocycles. The number of ether oxygens (including phenoxy) is 1. The Morgan fingerprint density at radius 3 is 2.60 bits per heavy atom. The quantitative estimate of drug-likeness (QED) is 0.472. The summed E-state index contributed by atoms with van der Waals surface area (Å²) in [5.41, 5.74) is 6.08. The molecule has 0 aliphatic rings. The number of nitrogens with one attached hydrogen (secondary N) is 2. The molecule has 2 aromatic heterocycles. The van der Waals surface area contributed by atoms with Crippen molar-refractivity contribution in [3.63, 3.8) is 0 Å². The Hall–Kier alpha value is -3.72. The summed E-state index contributed by atoms with van der Waals surface area (Å²) in [4.78, 5) is 28.8. The van der Waals surface area contributed by atoms with Crippen molar-refractivity contribution < 1.29 is 23.1 Å². The zero-order valence-electron chi connectivity index (χ0n) is 15.8. The van der Waals surface area contributed by atoms with Gasteiger partial charge in [0.05, 0.1) is 0 Å². The van der Waals surface area contributed by atoms with Crippen LogP contribution in [0.3, 0.4) is 0 Å². The molecule has 2 aromatic carbocycles. The number of rotatable bonds is 5. The fourth-order valence-corrected chi connectivity index (χ4v) is 3.47. The Labute approximate surface area is 174 Å². The third-order valence-electron chi connectivity index (χ3n) is 4.30. The summed E-state index contributed by atoms with van der Waals surface area (Å²) >= 11 is 1.23. The van der Waals surface area contributed by atoms with E-state index in [1.54, 1.807) is 18.4 Å². The molecule has 0 aliphatic heterocycles. The van der Waals surface area contributed by atoms with Crippen molar-refractivity contribution in [3.8, 4) is 5.75 Å². The van der Waals surface area contributed by atoms with E-state index >= 15 is 0 Å². The summed E-state index contributed by atoms with van der Waals surface area (Å²) in [6, 6.07) is 12.9. The molecule has 9 heteroatoms. The van der Waals surface area contributed by atoms with Gasteiger partial charge < -0.3 is 9.15 Å². The molecule has 0 fully saturated rings. The lowest BCUT2D eigenvalue weighted by Crippen LogP contribution is -2.41. The van der Waals surface area contributed by atoms with Crippen LogP contribution in [0.1, 0.15) is 31.6 Å². The molecule has 0 atom stereocenters. The number of furan rings is 1. The molecule has 4 aromatic rings. The van der Waals surface area contributed by atoms with Gasteiger partial charge in [0.1, 0.15) is 34.5 Å². The Morgan fingerprint density at radius 1 is 1.10 bits per heavy atom.